The summed E-state index contributed by atoms with van der Waals surface area (Å²) in [4.78, 5) is 25.1. The molecule has 0 spiro atoms. The summed E-state index contributed by atoms with van der Waals surface area (Å²) in [6, 6.07) is 10.00. The van der Waals surface area contributed by atoms with Crippen molar-refractivity contribution in [2.24, 2.45) is 0 Å². The summed E-state index contributed by atoms with van der Waals surface area (Å²) < 4.78 is 6.76. The Hall–Kier alpha value is -2.55. The van der Waals surface area contributed by atoms with E-state index in [0.29, 0.717) is 11.8 Å². The van der Waals surface area contributed by atoms with Gasteiger partial charge in [-0.25, -0.2) is 0 Å². The number of carbonyl (C=O) groups excluding carboxylic acids is 2. The summed E-state index contributed by atoms with van der Waals surface area (Å²) in [5.74, 6) is 0.264. The maximum absolute atomic E-state index is 11.8. The van der Waals surface area contributed by atoms with Crippen molar-refractivity contribution >= 4 is 35.3 Å². The van der Waals surface area contributed by atoms with Crippen LogP contribution in [0.2, 0.25) is 0 Å². The molecule has 2 aromatic rings. The molecular weight excluding hydrogens is 342 g/mol. The van der Waals surface area contributed by atoms with Crippen molar-refractivity contribution in [3.63, 3.8) is 0 Å². The Bertz CT molecular complexity index is 749. The minimum Gasteiger partial charge on any atom is -0.465 e. The number of amides is 1. The van der Waals surface area contributed by atoms with Gasteiger partial charge in [0.2, 0.25) is 11.9 Å². The molecule has 8 nitrogen and oxygen atoms in total. The van der Waals surface area contributed by atoms with Gasteiger partial charge < -0.3 is 15.0 Å². The summed E-state index contributed by atoms with van der Waals surface area (Å²) in [7, 11) is 0. The number of anilines is 2. The van der Waals surface area contributed by atoms with Crippen LogP contribution in [0.25, 0.3) is 0 Å². The zero-order valence-corrected chi connectivity index (χ0v) is 14.7. The Morgan fingerprint density at radius 3 is 2.80 bits per heavy atom. The molecule has 2 heterocycles. The molecule has 0 bridgehead atoms. The second-order valence-corrected chi connectivity index (χ2v) is 6.23. The third-order valence-electron chi connectivity index (χ3n) is 3.62. The summed E-state index contributed by atoms with van der Waals surface area (Å²) in [6.07, 6.45) is 0. The fourth-order valence-electron chi connectivity index (χ4n) is 2.50. The van der Waals surface area contributed by atoms with Crippen molar-refractivity contribution in [3.05, 3.63) is 30.3 Å². The number of esters is 1. The lowest BCUT2D eigenvalue weighted by Gasteiger charge is -2.14. The monoisotopic (exact) mass is 361 g/mol. The van der Waals surface area contributed by atoms with E-state index in [0.717, 1.165) is 24.7 Å². The number of nitrogens with zero attached hydrogens (tertiary/aromatic N) is 4. The van der Waals surface area contributed by atoms with E-state index in [9.17, 15) is 9.59 Å². The molecule has 9 heteroatoms. The predicted octanol–water partition coefficient (Wildman–Crippen LogP) is 1.20. The van der Waals surface area contributed by atoms with Crippen LogP contribution >= 0.6 is 11.8 Å². The summed E-state index contributed by atoms with van der Waals surface area (Å²) in [5, 5.41) is 11.6. The zero-order chi connectivity index (χ0) is 17.6. The highest BCUT2D eigenvalue weighted by Gasteiger charge is 2.26. The van der Waals surface area contributed by atoms with Crippen molar-refractivity contribution < 1.29 is 14.3 Å². The normalized spacial score (nSPS) is 12.8. The molecule has 1 aromatic heterocycles. The van der Waals surface area contributed by atoms with Crippen LogP contribution in [0.4, 0.5) is 11.6 Å². The van der Waals surface area contributed by atoms with E-state index in [1.165, 1.54) is 11.8 Å². The second-order valence-electron chi connectivity index (χ2n) is 5.29. The number of fused-ring (bicyclic) bond motifs is 1. The number of hydrogen-bond donors (Lipinski definition) is 1. The number of para-hydroxylation sites is 1. The molecular formula is C16H19N5O3S. The lowest BCUT2D eigenvalue weighted by Crippen LogP contribution is -2.31. The maximum Gasteiger partial charge on any atom is 0.325 e. The highest BCUT2D eigenvalue weighted by Crippen LogP contribution is 2.31. The van der Waals surface area contributed by atoms with Gasteiger partial charge in [-0.05, 0) is 19.1 Å². The number of thioether (sulfide) groups is 1. The Morgan fingerprint density at radius 2 is 2.04 bits per heavy atom. The van der Waals surface area contributed by atoms with Crippen molar-refractivity contribution in [1.82, 2.24) is 20.1 Å². The fourth-order valence-corrected chi connectivity index (χ4v) is 3.29. The predicted molar refractivity (Wildman–Crippen MR) is 93.8 cm³/mol. The molecule has 0 saturated heterocycles. The quantitative estimate of drug-likeness (QED) is 0.585. The van der Waals surface area contributed by atoms with Gasteiger partial charge in [-0.3, -0.25) is 14.2 Å². The first-order chi connectivity index (χ1) is 12.2. The van der Waals surface area contributed by atoms with E-state index >= 15 is 0 Å². The maximum atomic E-state index is 11.8. The van der Waals surface area contributed by atoms with Crippen LogP contribution in [0.15, 0.2) is 35.5 Å². The van der Waals surface area contributed by atoms with E-state index in [1.54, 1.807) is 6.92 Å². The third-order valence-corrected chi connectivity index (χ3v) is 4.59. The Balaban J connectivity index is 1.56. The molecule has 0 radical (unpaired) electrons. The number of carbonyl (C=O) groups is 2. The Kier molecular flexibility index (Phi) is 5.54. The highest BCUT2D eigenvalue weighted by molar-refractivity contribution is 7.99. The van der Waals surface area contributed by atoms with Crippen LogP contribution in [0.3, 0.4) is 0 Å². The molecule has 25 heavy (non-hydrogen) atoms. The number of ether oxygens (including phenoxy) is 1. The Labute approximate surface area is 149 Å². The van der Waals surface area contributed by atoms with Crippen molar-refractivity contribution in [3.8, 4) is 0 Å². The van der Waals surface area contributed by atoms with E-state index in [-0.39, 0.29) is 18.2 Å². The molecule has 1 aliphatic rings. The minimum absolute atomic E-state index is 0.118. The number of rotatable bonds is 7. The largest absolute Gasteiger partial charge is 0.465 e. The van der Waals surface area contributed by atoms with Crippen molar-refractivity contribution in [2.75, 3.05) is 30.3 Å². The first kappa shape index (κ1) is 17.3. The highest BCUT2D eigenvalue weighted by atomic mass is 32.2. The molecule has 0 aliphatic carbocycles. The van der Waals surface area contributed by atoms with E-state index in [2.05, 4.69) is 20.4 Å². The second kappa shape index (κ2) is 8.02. The van der Waals surface area contributed by atoms with Gasteiger partial charge in [0.25, 0.3) is 0 Å². The third kappa shape index (κ3) is 4.11. The average molecular weight is 361 g/mol. The van der Waals surface area contributed by atoms with Crippen molar-refractivity contribution in [1.29, 1.82) is 0 Å². The molecule has 1 amide bonds. The number of aromatic nitrogens is 3. The minimum atomic E-state index is -0.442. The van der Waals surface area contributed by atoms with Crippen LogP contribution < -0.4 is 10.2 Å². The van der Waals surface area contributed by atoms with Gasteiger partial charge in [0.1, 0.15) is 6.54 Å². The van der Waals surface area contributed by atoms with Crippen molar-refractivity contribution in [2.45, 2.75) is 18.6 Å². The first-order valence-electron chi connectivity index (χ1n) is 8.00. The molecule has 0 saturated carbocycles. The van der Waals surface area contributed by atoms with Gasteiger partial charge in [-0.2, -0.15) is 0 Å². The molecule has 132 valence electrons. The molecule has 1 aromatic carbocycles. The molecule has 0 atom stereocenters. The first-order valence-corrected chi connectivity index (χ1v) is 8.98. The molecule has 1 aliphatic heterocycles. The SMILES string of the molecule is CCOC(=O)CNC(=O)CSc1nnc2n1CCN2c1ccccc1. The summed E-state index contributed by atoms with van der Waals surface area (Å²) in [5.41, 5.74) is 1.07. The lowest BCUT2D eigenvalue weighted by atomic mass is 10.3. The van der Waals surface area contributed by atoms with Crippen LogP contribution in [0.5, 0.6) is 0 Å². The van der Waals surface area contributed by atoms with E-state index in [4.69, 9.17) is 4.74 Å². The number of nitrogens with one attached hydrogen (secondary N) is 1. The van der Waals surface area contributed by atoms with Gasteiger partial charge in [0.05, 0.1) is 12.4 Å². The van der Waals surface area contributed by atoms with Gasteiger partial charge in [-0.15, -0.1) is 10.2 Å². The average Bonchev–Trinajstić information content (AvgIpc) is 3.21. The van der Waals surface area contributed by atoms with Gasteiger partial charge in [-0.1, -0.05) is 30.0 Å². The smallest absolute Gasteiger partial charge is 0.325 e. The summed E-state index contributed by atoms with van der Waals surface area (Å²) >= 11 is 1.30. The topological polar surface area (TPSA) is 89.3 Å². The van der Waals surface area contributed by atoms with Gasteiger partial charge in [0.15, 0.2) is 5.16 Å². The molecule has 0 fully saturated rings. The van der Waals surface area contributed by atoms with Crippen LogP contribution in [-0.2, 0) is 20.9 Å². The molecule has 0 unspecified atom stereocenters. The number of benzene rings is 1. The molecule has 1 N–H and O–H groups in total. The van der Waals surface area contributed by atoms with Crippen LogP contribution in [0.1, 0.15) is 6.92 Å². The fraction of sp³-hybridized carbons (Fsp3) is 0.375. The zero-order valence-electron chi connectivity index (χ0n) is 13.8. The van der Waals surface area contributed by atoms with Crippen LogP contribution in [0, 0.1) is 0 Å². The standard InChI is InChI=1S/C16H19N5O3S/c1-2-24-14(23)10-17-13(22)11-25-16-19-18-15-20(8-9-21(15)16)12-6-4-3-5-7-12/h3-7H,2,8-11H2,1H3,(H,17,22). The lowest BCUT2D eigenvalue weighted by molar-refractivity contribution is -0.143. The van der Waals surface area contributed by atoms with Gasteiger partial charge >= 0.3 is 5.97 Å². The molecule has 3 rings (SSSR count). The number of hydrogen-bond acceptors (Lipinski definition) is 7. The summed E-state index contributed by atoms with van der Waals surface area (Å²) in [6.45, 7) is 3.49. The van der Waals surface area contributed by atoms with E-state index in [1.807, 2.05) is 34.9 Å². The van der Waals surface area contributed by atoms with Crippen LogP contribution in [-0.4, -0.2) is 52.1 Å². The van der Waals surface area contributed by atoms with E-state index < -0.39 is 5.97 Å². The Morgan fingerprint density at radius 1 is 1.24 bits per heavy atom. The van der Waals surface area contributed by atoms with Gasteiger partial charge in [0, 0.05) is 18.8 Å².